The molecule has 2 N–H and O–H groups in total. The maximum absolute atomic E-state index is 5.77. The predicted molar refractivity (Wildman–Crippen MR) is 115 cm³/mol. The van der Waals surface area contributed by atoms with Crippen molar-refractivity contribution in [3.63, 3.8) is 0 Å². The van der Waals surface area contributed by atoms with Gasteiger partial charge in [-0.3, -0.25) is 4.99 Å². The molecule has 2 rings (SSSR count). The van der Waals surface area contributed by atoms with Crippen LogP contribution in [0.2, 0.25) is 0 Å². The lowest BCUT2D eigenvalue weighted by Gasteiger charge is -2.13. The van der Waals surface area contributed by atoms with Gasteiger partial charge < -0.3 is 19.9 Å². The van der Waals surface area contributed by atoms with Crippen molar-refractivity contribution in [1.82, 2.24) is 15.2 Å². The minimum absolute atomic E-state index is 0. The molecule has 1 aromatic carbocycles. The van der Waals surface area contributed by atoms with Gasteiger partial charge in [-0.1, -0.05) is 26.0 Å². The molecule has 0 unspecified atom stereocenters. The normalized spacial score (nSPS) is 11.1. The molecule has 2 aromatic rings. The van der Waals surface area contributed by atoms with Gasteiger partial charge in [0, 0.05) is 39.1 Å². The van der Waals surface area contributed by atoms with Crippen LogP contribution in [0.25, 0.3) is 0 Å². The first-order valence-electron chi connectivity index (χ1n) is 8.44. The Morgan fingerprint density at radius 2 is 1.92 bits per heavy atom. The zero-order valence-electron chi connectivity index (χ0n) is 15.2. The van der Waals surface area contributed by atoms with E-state index in [1.165, 1.54) is 5.56 Å². The number of ether oxygens (including phenoxy) is 1. The van der Waals surface area contributed by atoms with Gasteiger partial charge >= 0.3 is 0 Å². The first-order valence-corrected chi connectivity index (χ1v) is 8.44. The summed E-state index contributed by atoms with van der Waals surface area (Å²) in [5.41, 5.74) is 1.17. The summed E-state index contributed by atoms with van der Waals surface area (Å²) in [6.45, 7) is 7.48. The first-order chi connectivity index (χ1) is 11.7. The van der Waals surface area contributed by atoms with E-state index in [0.29, 0.717) is 12.5 Å². The fraction of sp³-hybridized carbons (Fsp3) is 0.421. The number of aliphatic imine (C=N–C) groups is 1. The van der Waals surface area contributed by atoms with Gasteiger partial charge in [-0.05, 0) is 35.7 Å². The molecular weight excluding hydrogens is 427 g/mol. The van der Waals surface area contributed by atoms with Crippen molar-refractivity contribution in [1.29, 1.82) is 0 Å². The number of guanidine groups is 1. The number of hydrogen-bond acceptors (Lipinski definition) is 2. The molecule has 0 saturated heterocycles. The predicted octanol–water partition coefficient (Wildman–Crippen LogP) is 3.51. The number of rotatable bonds is 8. The summed E-state index contributed by atoms with van der Waals surface area (Å²) in [5.74, 6) is 2.24. The van der Waals surface area contributed by atoms with Gasteiger partial charge in [-0.25, -0.2) is 0 Å². The smallest absolute Gasteiger partial charge is 0.191 e. The molecular formula is C19H29IN4O. The number of benzene rings is 1. The lowest BCUT2D eigenvalue weighted by Crippen LogP contribution is -2.38. The standard InChI is InChI=1S/C19H28N4O.HI/c1-16(2)15-24-18-8-6-7-17(13-18)14-22-19(20-3)21-9-12-23-10-4-5-11-23;/h4-8,10-11,13,16H,9,12,14-15H2,1-3H3,(H2,20,21,22);1H. The van der Waals surface area contributed by atoms with Crippen molar-refractivity contribution in [3.05, 3.63) is 54.4 Å². The molecule has 0 aliphatic heterocycles. The van der Waals surface area contributed by atoms with E-state index in [4.69, 9.17) is 4.74 Å². The van der Waals surface area contributed by atoms with Crippen LogP contribution in [0.15, 0.2) is 53.8 Å². The Kier molecular flexibility index (Phi) is 10.1. The van der Waals surface area contributed by atoms with Gasteiger partial charge in [0.15, 0.2) is 5.96 Å². The lowest BCUT2D eigenvalue weighted by molar-refractivity contribution is 0.271. The summed E-state index contributed by atoms with van der Waals surface area (Å²) in [6, 6.07) is 12.2. The van der Waals surface area contributed by atoms with E-state index in [2.05, 4.69) is 58.6 Å². The highest BCUT2D eigenvalue weighted by atomic mass is 127. The topological polar surface area (TPSA) is 50.6 Å². The van der Waals surface area contributed by atoms with Crippen molar-refractivity contribution in [2.75, 3.05) is 20.2 Å². The average molecular weight is 456 g/mol. The molecule has 0 amide bonds. The monoisotopic (exact) mass is 456 g/mol. The molecule has 0 fully saturated rings. The number of aromatic nitrogens is 1. The van der Waals surface area contributed by atoms with Crippen LogP contribution < -0.4 is 15.4 Å². The Morgan fingerprint density at radius 3 is 2.60 bits per heavy atom. The van der Waals surface area contributed by atoms with Crippen LogP contribution in [0.4, 0.5) is 0 Å². The van der Waals surface area contributed by atoms with E-state index in [-0.39, 0.29) is 24.0 Å². The van der Waals surface area contributed by atoms with Crippen LogP contribution in [0.5, 0.6) is 5.75 Å². The minimum Gasteiger partial charge on any atom is -0.493 e. The fourth-order valence-corrected chi connectivity index (χ4v) is 2.24. The maximum Gasteiger partial charge on any atom is 0.191 e. The third kappa shape index (κ3) is 8.29. The highest BCUT2D eigenvalue weighted by Crippen LogP contribution is 2.14. The second-order valence-electron chi connectivity index (χ2n) is 6.13. The molecule has 5 nitrogen and oxygen atoms in total. The van der Waals surface area contributed by atoms with Crippen LogP contribution in [0.1, 0.15) is 19.4 Å². The van der Waals surface area contributed by atoms with Crippen LogP contribution in [-0.2, 0) is 13.1 Å². The average Bonchev–Trinajstić information content (AvgIpc) is 3.10. The Balaban J connectivity index is 0.00000312. The van der Waals surface area contributed by atoms with E-state index in [9.17, 15) is 0 Å². The maximum atomic E-state index is 5.77. The van der Waals surface area contributed by atoms with Gasteiger partial charge in [0.1, 0.15) is 5.75 Å². The zero-order valence-corrected chi connectivity index (χ0v) is 17.6. The summed E-state index contributed by atoms with van der Waals surface area (Å²) in [7, 11) is 1.78. The Hall–Kier alpha value is -1.70. The second-order valence-corrected chi connectivity index (χ2v) is 6.13. The van der Waals surface area contributed by atoms with E-state index in [1.54, 1.807) is 7.05 Å². The molecule has 25 heavy (non-hydrogen) atoms. The highest BCUT2D eigenvalue weighted by Gasteiger charge is 2.01. The van der Waals surface area contributed by atoms with Crippen molar-refractivity contribution in [2.45, 2.75) is 26.9 Å². The van der Waals surface area contributed by atoms with Crippen molar-refractivity contribution >= 4 is 29.9 Å². The first kappa shape index (κ1) is 21.3. The summed E-state index contributed by atoms with van der Waals surface area (Å²) in [5, 5.41) is 6.65. The van der Waals surface area contributed by atoms with Gasteiger partial charge in [0.25, 0.3) is 0 Å². The molecule has 0 spiro atoms. The summed E-state index contributed by atoms with van der Waals surface area (Å²) >= 11 is 0. The molecule has 1 heterocycles. The number of nitrogens with one attached hydrogen (secondary N) is 2. The van der Waals surface area contributed by atoms with E-state index >= 15 is 0 Å². The van der Waals surface area contributed by atoms with Gasteiger partial charge in [0.05, 0.1) is 6.61 Å². The molecule has 0 aliphatic carbocycles. The minimum atomic E-state index is 0. The van der Waals surface area contributed by atoms with Gasteiger partial charge in [0.2, 0.25) is 0 Å². The third-order valence-electron chi connectivity index (χ3n) is 3.49. The zero-order chi connectivity index (χ0) is 17.2. The van der Waals surface area contributed by atoms with E-state index < -0.39 is 0 Å². The molecule has 0 aliphatic rings. The molecule has 6 heteroatoms. The van der Waals surface area contributed by atoms with E-state index in [0.717, 1.165) is 31.4 Å². The van der Waals surface area contributed by atoms with Crippen molar-refractivity contribution in [2.24, 2.45) is 10.9 Å². The summed E-state index contributed by atoms with van der Waals surface area (Å²) in [6.07, 6.45) is 4.11. The Morgan fingerprint density at radius 1 is 1.16 bits per heavy atom. The summed E-state index contributed by atoms with van der Waals surface area (Å²) in [4.78, 5) is 4.26. The van der Waals surface area contributed by atoms with Gasteiger partial charge in [-0.2, -0.15) is 0 Å². The molecule has 1 aromatic heterocycles. The fourth-order valence-electron chi connectivity index (χ4n) is 2.24. The number of halogens is 1. The summed E-state index contributed by atoms with van der Waals surface area (Å²) < 4.78 is 7.91. The largest absolute Gasteiger partial charge is 0.493 e. The second kappa shape index (κ2) is 11.8. The Labute approximate surface area is 167 Å². The third-order valence-corrected chi connectivity index (χ3v) is 3.49. The number of nitrogens with zero attached hydrogens (tertiary/aromatic N) is 2. The van der Waals surface area contributed by atoms with Crippen LogP contribution in [0.3, 0.4) is 0 Å². The van der Waals surface area contributed by atoms with Crippen molar-refractivity contribution < 1.29 is 4.74 Å². The lowest BCUT2D eigenvalue weighted by atomic mass is 10.2. The van der Waals surface area contributed by atoms with Crippen molar-refractivity contribution in [3.8, 4) is 5.75 Å². The molecule has 0 radical (unpaired) electrons. The molecule has 0 atom stereocenters. The molecule has 0 bridgehead atoms. The number of hydrogen-bond donors (Lipinski definition) is 2. The highest BCUT2D eigenvalue weighted by molar-refractivity contribution is 14.0. The molecule has 0 saturated carbocycles. The van der Waals surface area contributed by atoms with Crippen LogP contribution >= 0.6 is 24.0 Å². The SMILES string of the molecule is CN=C(NCCn1cccc1)NCc1cccc(OCC(C)C)c1.I. The van der Waals surface area contributed by atoms with Crippen LogP contribution in [-0.4, -0.2) is 30.7 Å². The van der Waals surface area contributed by atoms with Crippen LogP contribution in [0, 0.1) is 5.92 Å². The van der Waals surface area contributed by atoms with Gasteiger partial charge in [-0.15, -0.1) is 24.0 Å². The Bertz CT molecular complexity index is 626. The van der Waals surface area contributed by atoms with E-state index in [1.807, 2.05) is 24.3 Å². The molecule has 138 valence electrons. The quantitative estimate of drug-likeness (QED) is 0.363.